The third-order valence-electron chi connectivity index (χ3n) is 6.01. The van der Waals surface area contributed by atoms with Gasteiger partial charge in [0.2, 0.25) is 0 Å². The molecule has 168 valence electrons. The molecule has 1 fully saturated rings. The van der Waals surface area contributed by atoms with Gasteiger partial charge in [0.1, 0.15) is 12.7 Å². The zero-order chi connectivity index (χ0) is 22.3. The van der Waals surface area contributed by atoms with Crippen molar-refractivity contribution in [2.24, 2.45) is 0 Å². The number of hydrogen-bond donors (Lipinski definition) is 1. The highest BCUT2D eigenvalue weighted by Crippen LogP contribution is 2.20. The van der Waals surface area contributed by atoms with Crippen LogP contribution in [0.4, 0.5) is 4.79 Å². The Hall–Kier alpha value is -3.23. The number of carbonyl (C=O) groups excluding carboxylic acids is 1. The number of amides is 2. The van der Waals surface area contributed by atoms with E-state index in [2.05, 4.69) is 38.5 Å². The first kappa shape index (κ1) is 22.0. The summed E-state index contributed by atoms with van der Waals surface area (Å²) >= 11 is 0. The third kappa shape index (κ3) is 5.33. The first-order valence-electron chi connectivity index (χ1n) is 10.9. The molecule has 1 aliphatic heterocycles. The standard InChI is InChI=1S/C24H30N6O2/c1-19(20-7-9-23(10-8-20)30-18-25-17-27-30)28(2)24(31)26-15-21-5-3-4-6-22(21)16-29-11-13-32-14-12-29/h3-10,17-19H,11-16H2,1-2H3,(H,26,31)/t19-/m0/s1. The summed E-state index contributed by atoms with van der Waals surface area (Å²) in [6.07, 6.45) is 3.17. The fourth-order valence-electron chi connectivity index (χ4n) is 3.83. The van der Waals surface area contributed by atoms with Crippen molar-refractivity contribution in [3.8, 4) is 5.69 Å². The summed E-state index contributed by atoms with van der Waals surface area (Å²) in [6, 6.07) is 16.1. The Morgan fingerprint density at radius 3 is 2.53 bits per heavy atom. The molecule has 0 aliphatic carbocycles. The van der Waals surface area contributed by atoms with Gasteiger partial charge in [0, 0.05) is 33.2 Å². The van der Waals surface area contributed by atoms with Crippen LogP contribution in [0.15, 0.2) is 61.2 Å². The Labute approximate surface area is 188 Å². The van der Waals surface area contributed by atoms with Gasteiger partial charge in [-0.25, -0.2) is 14.5 Å². The molecule has 0 unspecified atom stereocenters. The van der Waals surface area contributed by atoms with Crippen molar-refractivity contribution in [3.05, 3.63) is 77.9 Å². The molecule has 8 nitrogen and oxygen atoms in total. The minimum Gasteiger partial charge on any atom is -0.379 e. The molecule has 0 spiro atoms. The smallest absolute Gasteiger partial charge is 0.317 e. The van der Waals surface area contributed by atoms with Gasteiger partial charge >= 0.3 is 6.03 Å². The normalized spacial score (nSPS) is 15.3. The van der Waals surface area contributed by atoms with E-state index in [-0.39, 0.29) is 12.1 Å². The monoisotopic (exact) mass is 434 g/mol. The van der Waals surface area contributed by atoms with E-state index in [0.717, 1.165) is 49.7 Å². The highest BCUT2D eigenvalue weighted by atomic mass is 16.5. The number of benzene rings is 2. The summed E-state index contributed by atoms with van der Waals surface area (Å²) < 4.78 is 7.15. The molecule has 3 aromatic rings. The van der Waals surface area contributed by atoms with E-state index in [0.29, 0.717) is 6.54 Å². The summed E-state index contributed by atoms with van der Waals surface area (Å²) in [4.78, 5) is 20.9. The van der Waals surface area contributed by atoms with Gasteiger partial charge in [-0.15, -0.1) is 0 Å². The maximum Gasteiger partial charge on any atom is 0.317 e. The molecule has 2 aromatic carbocycles. The lowest BCUT2D eigenvalue weighted by Gasteiger charge is -2.28. The second-order valence-electron chi connectivity index (χ2n) is 8.03. The van der Waals surface area contributed by atoms with Crippen LogP contribution in [0.5, 0.6) is 0 Å². The van der Waals surface area contributed by atoms with Crippen molar-refractivity contribution < 1.29 is 9.53 Å². The number of aromatic nitrogens is 3. The fraction of sp³-hybridized carbons (Fsp3) is 0.375. The van der Waals surface area contributed by atoms with E-state index in [4.69, 9.17) is 4.74 Å². The van der Waals surface area contributed by atoms with Crippen LogP contribution in [0.1, 0.15) is 29.7 Å². The van der Waals surface area contributed by atoms with Gasteiger partial charge in [0.25, 0.3) is 0 Å². The second kappa shape index (κ2) is 10.4. The molecule has 1 N–H and O–H groups in total. The predicted molar refractivity (Wildman–Crippen MR) is 122 cm³/mol. The zero-order valence-electron chi connectivity index (χ0n) is 18.6. The molecule has 1 aromatic heterocycles. The molecule has 0 bridgehead atoms. The van der Waals surface area contributed by atoms with E-state index in [1.807, 2.05) is 44.3 Å². The molecule has 1 saturated heterocycles. The Morgan fingerprint density at radius 2 is 1.84 bits per heavy atom. The lowest BCUT2D eigenvalue weighted by atomic mass is 10.1. The average molecular weight is 435 g/mol. The molecule has 0 saturated carbocycles. The Morgan fingerprint density at radius 1 is 1.12 bits per heavy atom. The summed E-state index contributed by atoms with van der Waals surface area (Å²) in [5.41, 5.74) is 4.38. The molecule has 1 atom stereocenters. The van der Waals surface area contributed by atoms with Crippen LogP contribution < -0.4 is 5.32 Å². The average Bonchev–Trinajstić information content (AvgIpc) is 3.38. The van der Waals surface area contributed by atoms with Crippen LogP contribution in [0, 0.1) is 0 Å². The van der Waals surface area contributed by atoms with Crippen LogP contribution >= 0.6 is 0 Å². The first-order chi connectivity index (χ1) is 15.6. The van der Waals surface area contributed by atoms with E-state index in [9.17, 15) is 4.79 Å². The number of urea groups is 1. The molecule has 8 heteroatoms. The molecule has 2 heterocycles. The molecular formula is C24H30N6O2. The highest BCUT2D eigenvalue weighted by Gasteiger charge is 2.18. The maximum atomic E-state index is 12.9. The lowest BCUT2D eigenvalue weighted by Crippen LogP contribution is -2.39. The molecule has 4 rings (SSSR count). The summed E-state index contributed by atoms with van der Waals surface area (Å²) in [6.45, 7) is 6.84. The van der Waals surface area contributed by atoms with Gasteiger partial charge in [-0.2, -0.15) is 5.10 Å². The third-order valence-corrected chi connectivity index (χ3v) is 6.01. The van der Waals surface area contributed by atoms with Crippen molar-refractivity contribution in [3.63, 3.8) is 0 Å². The Bertz CT molecular complexity index is 1000. The van der Waals surface area contributed by atoms with E-state index in [1.165, 1.54) is 11.9 Å². The summed E-state index contributed by atoms with van der Waals surface area (Å²) in [7, 11) is 1.82. The largest absolute Gasteiger partial charge is 0.379 e. The number of morpholine rings is 1. The van der Waals surface area contributed by atoms with Crippen LogP contribution in [-0.2, 0) is 17.8 Å². The minimum absolute atomic E-state index is 0.0663. The summed E-state index contributed by atoms with van der Waals surface area (Å²) in [5.74, 6) is 0. The van der Waals surface area contributed by atoms with E-state index < -0.39 is 0 Å². The number of nitrogens with zero attached hydrogens (tertiary/aromatic N) is 5. The van der Waals surface area contributed by atoms with Gasteiger partial charge in [0.05, 0.1) is 24.9 Å². The number of ether oxygens (including phenoxy) is 1. The first-order valence-corrected chi connectivity index (χ1v) is 10.9. The van der Waals surface area contributed by atoms with Crippen LogP contribution in [0.2, 0.25) is 0 Å². The van der Waals surface area contributed by atoms with Crippen molar-refractivity contribution in [2.45, 2.75) is 26.1 Å². The number of rotatable bonds is 7. The van der Waals surface area contributed by atoms with Crippen LogP contribution in [-0.4, -0.2) is 63.9 Å². The zero-order valence-corrected chi connectivity index (χ0v) is 18.6. The van der Waals surface area contributed by atoms with Crippen LogP contribution in [0.25, 0.3) is 5.69 Å². The van der Waals surface area contributed by atoms with Gasteiger partial charge in [-0.05, 0) is 35.7 Å². The second-order valence-corrected chi connectivity index (χ2v) is 8.03. The van der Waals surface area contributed by atoms with Gasteiger partial charge < -0.3 is 15.0 Å². The Balaban J connectivity index is 1.34. The Kier molecular flexibility index (Phi) is 7.14. The lowest BCUT2D eigenvalue weighted by molar-refractivity contribution is 0.0340. The summed E-state index contributed by atoms with van der Waals surface area (Å²) in [5, 5.41) is 7.23. The quantitative estimate of drug-likeness (QED) is 0.619. The van der Waals surface area contributed by atoms with Crippen LogP contribution in [0.3, 0.4) is 0 Å². The molecule has 32 heavy (non-hydrogen) atoms. The number of hydrogen-bond acceptors (Lipinski definition) is 5. The van der Waals surface area contributed by atoms with Crippen molar-refractivity contribution in [1.29, 1.82) is 0 Å². The number of nitrogens with one attached hydrogen (secondary N) is 1. The topological polar surface area (TPSA) is 75.5 Å². The van der Waals surface area contributed by atoms with Crippen molar-refractivity contribution in [1.82, 2.24) is 29.9 Å². The SMILES string of the molecule is C[C@@H](c1ccc(-n2cncn2)cc1)N(C)C(=O)NCc1ccccc1CN1CCOCC1. The van der Waals surface area contributed by atoms with Crippen molar-refractivity contribution in [2.75, 3.05) is 33.4 Å². The molecule has 0 radical (unpaired) electrons. The van der Waals surface area contributed by atoms with E-state index in [1.54, 1.807) is 15.9 Å². The van der Waals surface area contributed by atoms with Gasteiger partial charge in [0.15, 0.2) is 0 Å². The van der Waals surface area contributed by atoms with Gasteiger partial charge in [-0.1, -0.05) is 36.4 Å². The van der Waals surface area contributed by atoms with Gasteiger partial charge in [-0.3, -0.25) is 4.90 Å². The number of carbonyl (C=O) groups is 1. The minimum atomic E-state index is -0.0981. The highest BCUT2D eigenvalue weighted by molar-refractivity contribution is 5.74. The molecule has 1 aliphatic rings. The molecular weight excluding hydrogens is 404 g/mol. The molecule has 2 amide bonds. The fourth-order valence-corrected chi connectivity index (χ4v) is 3.83. The van der Waals surface area contributed by atoms with E-state index >= 15 is 0 Å². The maximum absolute atomic E-state index is 12.9. The predicted octanol–water partition coefficient (Wildman–Crippen LogP) is 3.00. The van der Waals surface area contributed by atoms with Crippen molar-refractivity contribution >= 4 is 6.03 Å².